The van der Waals surface area contributed by atoms with Gasteiger partial charge in [0.2, 0.25) is 0 Å². The molecule has 3 heteroatoms. The van der Waals surface area contributed by atoms with Gasteiger partial charge in [0, 0.05) is 22.5 Å². The van der Waals surface area contributed by atoms with Gasteiger partial charge in [0.05, 0.1) is 0 Å². The number of hydrogen-bond donors (Lipinski definition) is 1. The summed E-state index contributed by atoms with van der Waals surface area (Å²) in [5.41, 5.74) is 2.20. The molecule has 3 rings (SSSR count). The van der Waals surface area contributed by atoms with Crippen molar-refractivity contribution in [2.45, 2.75) is 6.54 Å². The van der Waals surface area contributed by atoms with Crippen molar-refractivity contribution in [3.05, 3.63) is 59.5 Å². The number of nitrogens with one attached hydrogen (secondary N) is 1. The van der Waals surface area contributed by atoms with Crippen LogP contribution in [-0.2, 0) is 6.54 Å². The van der Waals surface area contributed by atoms with Gasteiger partial charge in [-0.15, -0.1) is 17.8 Å². The van der Waals surface area contributed by atoms with Gasteiger partial charge in [-0.3, -0.25) is 0 Å². The Balaban J connectivity index is 1.73. The molecule has 2 nitrogen and oxygen atoms in total. The summed E-state index contributed by atoms with van der Waals surface area (Å²) in [4.78, 5) is 0. The number of benzene rings is 2. The van der Waals surface area contributed by atoms with Crippen LogP contribution in [0.4, 0.5) is 5.69 Å². The van der Waals surface area contributed by atoms with Crippen LogP contribution in [0.5, 0.6) is 5.75 Å². The second-order valence-corrected chi connectivity index (χ2v) is 5.57. The second-order valence-electron chi connectivity index (χ2n) is 4.63. The minimum absolute atomic E-state index is 0.290. The van der Waals surface area contributed by atoms with E-state index in [4.69, 9.17) is 11.2 Å². The van der Waals surface area contributed by atoms with E-state index in [1.807, 2.05) is 24.3 Å². The van der Waals surface area contributed by atoms with E-state index in [0.29, 0.717) is 6.54 Å². The van der Waals surface area contributed by atoms with E-state index < -0.39 is 0 Å². The molecular weight excluding hydrogens is 278 g/mol. The zero-order valence-corrected chi connectivity index (χ0v) is 12.3. The Kier molecular flexibility index (Phi) is 4.09. The Hall–Kier alpha value is -2.44. The van der Waals surface area contributed by atoms with Gasteiger partial charge in [-0.1, -0.05) is 24.1 Å². The van der Waals surface area contributed by atoms with Gasteiger partial charge in [0.15, 0.2) is 0 Å². The molecule has 0 radical (unpaired) electrons. The predicted octanol–water partition coefficient (Wildman–Crippen LogP) is 4.53. The lowest BCUT2D eigenvalue weighted by Crippen LogP contribution is -2.03. The van der Waals surface area contributed by atoms with Gasteiger partial charge in [-0.05, 0) is 41.1 Å². The molecule has 0 bridgehead atoms. The summed E-state index contributed by atoms with van der Waals surface area (Å²) in [6, 6.07) is 16.5. The van der Waals surface area contributed by atoms with Gasteiger partial charge < -0.3 is 10.1 Å². The first-order valence-electron chi connectivity index (χ1n) is 6.72. The van der Waals surface area contributed by atoms with Crippen molar-refractivity contribution in [2.75, 3.05) is 11.9 Å². The molecular formula is C18H15NOS. The minimum atomic E-state index is 0.290. The number of thiophene rings is 1. The molecule has 0 unspecified atom stereocenters. The smallest absolute Gasteiger partial charge is 0.148 e. The van der Waals surface area contributed by atoms with Crippen LogP contribution < -0.4 is 10.1 Å². The average Bonchev–Trinajstić information content (AvgIpc) is 2.99. The molecule has 0 aliphatic heterocycles. The lowest BCUT2D eigenvalue weighted by molar-refractivity contribution is 0.366. The van der Waals surface area contributed by atoms with Crippen LogP contribution in [0.2, 0.25) is 0 Å². The number of ether oxygens (including phenoxy) is 1. The topological polar surface area (TPSA) is 21.3 Å². The van der Waals surface area contributed by atoms with Crippen LogP contribution in [0.3, 0.4) is 0 Å². The Labute approximate surface area is 128 Å². The van der Waals surface area contributed by atoms with Gasteiger partial charge in [-0.25, -0.2) is 0 Å². The van der Waals surface area contributed by atoms with Crippen molar-refractivity contribution in [1.82, 2.24) is 0 Å². The fourth-order valence-electron chi connectivity index (χ4n) is 2.18. The zero-order valence-electron chi connectivity index (χ0n) is 11.5. The van der Waals surface area contributed by atoms with Crippen molar-refractivity contribution in [3.63, 3.8) is 0 Å². The van der Waals surface area contributed by atoms with E-state index in [2.05, 4.69) is 40.9 Å². The Morgan fingerprint density at radius 2 is 2.05 bits per heavy atom. The summed E-state index contributed by atoms with van der Waals surface area (Å²) < 4.78 is 6.86. The van der Waals surface area contributed by atoms with Crippen molar-refractivity contribution in [2.24, 2.45) is 0 Å². The Bertz CT molecular complexity index is 785. The molecule has 0 atom stereocenters. The molecule has 0 amide bonds. The molecule has 1 N–H and O–H groups in total. The number of anilines is 1. The summed E-state index contributed by atoms with van der Waals surface area (Å²) in [5.74, 6) is 3.33. The first-order valence-corrected chi connectivity index (χ1v) is 7.60. The van der Waals surface area contributed by atoms with Gasteiger partial charge in [0.25, 0.3) is 0 Å². The standard InChI is InChI=1S/C18H15NOS/c1-2-10-20-17-6-4-3-5-15(17)13-19-16-7-8-18-14(12-16)9-11-21-18/h1,3-9,11-12,19H,10,13H2. The molecule has 0 aliphatic rings. The highest BCUT2D eigenvalue weighted by molar-refractivity contribution is 7.17. The number of terminal acetylenes is 1. The lowest BCUT2D eigenvalue weighted by atomic mass is 10.2. The predicted molar refractivity (Wildman–Crippen MR) is 89.9 cm³/mol. The van der Waals surface area contributed by atoms with Crippen molar-refractivity contribution >= 4 is 27.1 Å². The van der Waals surface area contributed by atoms with Gasteiger partial charge in [0.1, 0.15) is 12.4 Å². The maximum atomic E-state index is 5.56. The molecule has 0 aliphatic carbocycles. The quantitative estimate of drug-likeness (QED) is 0.698. The average molecular weight is 293 g/mol. The van der Waals surface area contributed by atoms with E-state index in [0.717, 1.165) is 17.0 Å². The third-order valence-corrected chi connectivity index (χ3v) is 4.12. The highest BCUT2D eigenvalue weighted by Crippen LogP contribution is 2.25. The van der Waals surface area contributed by atoms with Crippen LogP contribution in [-0.4, -0.2) is 6.61 Å². The third-order valence-electron chi connectivity index (χ3n) is 3.22. The monoisotopic (exact) mass is 293 g/mol. The number of para-hydroxylation sites is 1. The summed E-state index contributed by atoms with van der Waals surface area (Å²) >= 11 is 1.76. The Morgan fingerprint density at radius 1 is 1.14 bits per heavy atom. The first kappa shape index (κ1) is 13.5. The number of hydrogen-bond acceptors (Lipinski definition) is 3. The lowest BCUT2D eigenvalue weighted by Gasteiger charge is -2.11. The molecule has 3 aromatic rings. The molecule has 1 heterocycles. The largest absolute Gasteiger partial charge is 0.481 e. The fraction of sp³-hybridized carbons (Fsp3) is 0.111. The van der Waals surface area contributed by atoms with Gasteiger partial charge >= 0.3 is 0 Å². The fourth-order valence-corrected chi connectivity index (χ4v) is 2.95. The van der Waals surface area contributed by atoms with Crippen LogP contribution >= 0.6 is 11.3 Å². The van der Waals surface area contributed by atoms with E-state index in [1.54, 1.807) is 11.3 Å². The third kappa shape index (κ3) is 3.18. The second kappa shape index (κ2) is 6.34. The molecule has 1 aromatic heterocycles. The SMILES string of the molecule is C#CCOc1ccccc1CNc1ccc2sccc2c1. The van der Waals surface area contributed by atoms with Crippen LogP contribution in [0.1, 0.15) is 5.56 Å². The first-order chi connectivity index (χ1) is 10.4. The number of fused-ring (bicyclic) bond motifs is 1. The summed E-state index contributed by atoms with van der Waals surface area (Å²) in [6.07, 6.45) is 5.24. The van der Waals surface area contributed by atoms with Crippen LogP contribution in [0.15, 0.2) is 53.9 Å². The van der Waals surface area contributed by atoms with Crippen LogP contribution in [0.25, 0.3) is 10.1 Å². The van der Waals surface area contributed by atoms with E-state index >= 15 is 0 Å². The van der Waals surface area contributed by atoms with Crippen molar-refractivity contribution < 1.29 is 4.74 Å². The molecule has 0 spiro atoms. The maximum Gasteiger partial charge on any atom is 0.148 e. The van der Waals surface area contributed by atoms with Crippen molar-refractivity contribution in [3.8, 4) is 18.1 Å². The minimum Gasteiger partial charge on any atom is -0.481 e. The van der Waals surface area contributed by atoms with E-state index in [1.165, 1.54) is 10.1 Å². The highest BCUT2D eigenvalue weighted by Gasteiger charge is 2.03. The zero-order chi connectivity index (χ0) is 14.5. The molecule has 104 valence electrons. The summed E-state index contributed by atoms with van der Waals surface area (Å²) in [6.45, 7) is 0.994. The highest BCUT2D eigenvalue weighted by atomic mass is 32.1. The summed E-state index contributed by atoms with van der Waals surface area (Å²) in [5, 5.41) is 6.81. The molecule has 0 saturated carbocycles. The Morgan fingerprint density at radius 3 is 2.95 bits per heavy atom. The number of rotatable bonds is 5. The van der Waals surface area contributed by atoms with E-state index in [9.17, 15) is 0 Å². The van der Waals surface area contributed by atoms with Crippen LogP contribution in [0, 0.1) is 12.3 Å². The molecule has 0 fully saturated rings. The maximum absolute atomic E-state index is 5.56. The molecule has 21 heavy (non-hydrogen) atoms. The normalized spacial score (nSPS) is 10.2. The summed E-state index contributed by atoms with van der Waals surface area (Å²) in [7, 11) is 0. The van der Waals surface area contributed by atoms with E-state index in [-0.39, 0.29) is 6.61 Å². The molecule has 0 saturated heterocycles. The van der Waals surface area contributed by atoms with Gasteiger partial charge in [-0.2, -0.15) is 0 Å². The molecule has 2 aromatic carbocycles. The van der Waals surface area contributed by atoms with Crippen molar-refractivity contribution in [1.29, 1.82) is 0 Å².